The van der Waals surface area contributed by atoms with Crippen LogP contribution in [0.1, 0.15) is 27.8 Å². The molecule has 1 aliphatic heterocycles. The summed E-state index contributed by atoms with van der Waals surface area (Å²) in [5.41, 5.74) is 0.193. The van der Waals surface area contributed by atoms with Crippen LogP contribution in [-0.4, -0.2) is 59.3 Å². The lowest BCUT2D eigenvalue weighted by Crippen LogP contribution is -2.48. The molecule has 6 nitrogen and oxygen atoms in total. The quantitative estimate of drug-likeness (QED) is 0.893. The molecule has 1 aromatic carbocycles. The summed E-state index contributed by atoms with van der Waals surface area (Å²) in [6, 6.07) is 5.69. The van der Waals surface area contributed by atoms with Crippen LogP contribution in [-0.2, 0) is 0 Å². The number of aromatic nitrogens is 1. The number of carbonyl (C=O) groups is 2. The van der Waals surface area contributed by atoms with Crippen LogP contribution in [0.4, 0.5) is 14.5 Å². The Morgan fingerprint density at radius 2 is 1.85 bits per heavy atom. The van der Waals surface area contributed by atoms with Gasteiger partial charge in [-0.1, -0.05) is 6.92 Å². The van der Waals surface area contributed by atoms with Crippen LogP contribution in [0.3, 0.4) is 0 Å². The Morgan fingerprint density at radius 1 is 1.11 bits per heavy atom. The molecule has 0 saturated carbocycles. The van der Waals surface area contributed by atoms with E-state index in [-0.39, 0.29) is 22.9 Å². The van der Waals surface area contributed by atoms with Crippen molar-refractivity contribution in [3.05, 3.63) is 59.4 Å². The van der Waals surface area contributed by atoms with E-state index in [4.69, 9.17) is 0 Å². The standard InChI is InChI=1S/C19H20F2N4O2/c1-2-24-7-9-25(10-8-24)19(27)17-11-13(5-6-22-17)18(26)23-16-4-3-14(20)12-15(16)21/h3-6,11-12H,2,7-10H2,1H3,(H,23,26). The van der Waals surface area contributed by atoms with Gasteiger partial charge in [-0.15, -0.1) is 0 Å². The van der Waals surface area contributed by atoms with Gasteiger partial charge in [-0.3, -0.25) is 14.6 Å². The van der Waals surface area contributed by atoms with Crippen LogP contribution < -0.4 is 5.32 Å². The van der Waals surface area contributed by atoms with Crippen molar-refractivity contribution < 1.29 is 18.4 Å². The highest BCUT2D eigenvalue weighted by molar-refractivity contribution is 6.05. The zero-order valence-corrected chi connectivity index (χ0v) is 14.9. The SMILES string of the molecule is CCN1CCN(C(=O)c2cc(C(=O)Nc3ccc(F)cc3F)ccn2)CC1. The summed E-state index contributed by atoms with van der Waals surface area (Å²) in [6.07, 6.45) is 1.37. The number of nitrogens with zero attached hydrogens (tertiary/aromatic N) is 3. The first-order valence-electron chi connectivity index (χ1n) is 8.72. The maximum absolute atomic E-state index is 13.7. The number of nitrogens with one attached hydrogen (secondary N) is 1. The second-order valence-electron chi connectivity index (χ2n) is 6.23. The summed E-state index contributed by atoms with van der Waals surface area (Å²) in [7, 11) is 0. The number of halogens is 2. The number of pyridine rings is 1. The van der Waals surface area contributed by atoms with Crippen LogP contribution in [0.15, 0.2) is 36.5 Å². The zero-order valence-electron chi connectivity index (χ0n) is 14.9. The molecule has 8 heteroatoms. The number of piperazine rings is 1. The summed E-state index contributed by atoms with van der Waals surface area (Å²) in [4.78, 5) is 33.0. The lowest BCUT2D eigenvalue weighted by molar-refractivity contribution is 0.0637. The predicted octanol–water partition coefficient (Wildman–Crippen LogP) is 2.39. The molecule has 142 valence electrons. The molecule has 0 aliphatic carbocycles. The van der Waals surface area contributed by atoms with Crippen molar-refractivity contribution in [2.45, 2.75) is 6.92 Å². The summed E-state index contributed by atoms with van der Waals surface area (Å²) in [6.45, 7) is 5.82. The molecule has 1 aromatic heterocycles. The van der Waals surface area contributed by atoms with Gasteiger partial charge in [0, 0.05) is 44.0 Å². The lowest BCUT2D eigenvalue weighted by atomic mass is 10.2. The summed E-state index contributed by atoms with van der Waals surface area (Å²) < 4.78 is 26.7. The van der Waals surface area contributed by atoms with Gasteiger partial charge in [0.15, 0.2) is 0 Å². The van der Waals surface area contributed by atoms with Gasteiger partial charge in [-0.2, -0.15) is 0 Å². The molecule has 1 N–H and O–H groups in total. The first-order valence-corrected chi connectivity index (χ1v) is 8.72. The molecule has 3 rings (SSSR count). The Hall–Kier alpha value is -2.87. The fourth-order valence-electron chi connectivity index (χ4n) is 2.90. The Balaban J connectivity index is 1.71. The van der Waals surface area contributed by atoms with E-state index < -0.39 is 17.5 Å². The molecule has 2 aromatic rings. The minimum absolute atomic E-state index is 0.137. The smallest absolute Gasteiger partial charge is 0.272 e. The van der Waals surface area contributed by atoms with Crippen LogP contribution in [0, 0.1) is 11.6 Å². The summed E-state index contributed by atoms with van der Waals surface area (Å²) in [5.74, 6) is -2.45. The van der Waals surface area contributed by atoms with E-state index in [1.807, 2.05) is 0 Å². The number of anilines is 1. The fourth-order valence-corrected chi connectivity index (χ4v) is 2.90. The van der Waals surface area contributed by atoms with E-state index in [1.165, 1.54) is 18.3 Å². The molecule has 0 radical (unpaired) electrons. The third-order valence-corrected chi connectivity index (χ3v) is 4.53. The van der Waals surface area contributed by atoms with Gasteiger partial charge in [-0.25, -0.2) is 8.78 Å². The molecule has 1 saturated heterocycles. The molecule has 0 unspecified atom stereocenters. The molecule has 1 aliphatic rings. The lowest BCUT2D eigenvalue weighted by Gasteiger charge is -2.33. The number of likely N-dealkylation sites (N-methyl/N-ethyl adjacent to an activating group) is 1. The zero-order chi connectivity index (χ0) is 19.4. The minimum atomic E-state index is -0.873. The number of amides is 2. The minimum Gasteiger partial charge on any atom is -0.335 e. The Morgan fingerprint density at radius 3 is 2.52 bits per heavy atom. The topological polar surface area (TPSA) is 65.5 Å². The first-order chi connectivity index (χ1) is 13.0. The van der Waals surface area contributed by atoms with Crippen LogP contribution >= 0.6 is 0 Å². The molecule has 2 heterocycles. The number of benzene rings is 1. The van der Waals surface area contributed by atoms with Gasteiger partial charge in [0.05, 0.1) is 5.69 Å². The molecular weight excluding hydrogens is 354 g/mol. The van der Waals surface area contributed by atoms with Crippen molar-refractivity contribution in [2.75, 3.05) is 38.0 Å². The van der Waals surface area contributed by atoms with Crippen LogP contribution in [0.5, 0.6) is 0 Å². The second-order valence-corrected chi connectivity index (χ2v) is 6.23. The number of hydrogen-bond acceptors (Lipinski definition) is 4. The fraction of sp³-hybridized carbons (Fsp3) is 0.316. The molecule has 0 atom stereocenters. The number of rotatable bonds is 4. The van der Waals surface area contributed by atoms with E-state index >= 15 is 0 Å². The highest BCUT2D eigenvalue weighted by atomic mass is 19.1. The molecule has 2 amide bonds. The van der Waals surface area contributed by atoms with E-state index in [0.29, 0.717) is 19.2 Å². The monoisotopic (exact) mass is 374 g/mol. The van der Waals surface area contributed by atoms with Gasteiger partial charge in [0.2, 0.25) is 0 Å². The van der Waals surface area contributed by atoms with Gasteiger partial charge >= 0.3 is 0 Å². The molecule has 0 bridgehead atoms. The van der Waals surface area contributed by atoms with Gasteiger partial charge in [-0.05, 0) is 30.8 Å². The van der Waals surface area contributed by atoms with Crippen LogP contribution in [0.2, 0.25) is 0 Å². The molecule has 1 fully saturated rings. The van der Waals surface area contributed by atoms with Crippen molar-refractivity contribution in [1.29, 1.82) is 0 Å². The maximum Gasteiger partial charge on any atom is 0.272 e. The molecule has 27 heavy (non-hydrogen) atoms. The second kappa shape index (κ2) is 8.22. The first kappa shape index (κ1) is 18.9. The van der Waals surface area contributed by atoms with Gasteiger partial charge in [0.25, 0.3) is 11.8 Å². The van der Waals surface area contributed by atoms with Gasteiger partial charge < -0.3 is 15.1 Å². The van der Waals surface area contributed by atoms with E-state index in [2.05, 4.69) is 22.1 Å². The predicted molar refractivity (Wildman–Crippen MR) is 96.6 cm³/mol. The Labute approximate surface area is 155 Å². The normalized spacial score (nSPS) is 14.9. The third kappa shape index (κ3) is 4.46. The Kier molecular flexibility index (Phi) is 5.75. The van der Waals surface area contributed by atoms with Crippen molar-refractivity contribution >= 4 is 17.5 Å². The van der Waals surface area contributed by atoms with E-state index in [0.717, 1.165) is 31.8 Å². The average Bonchev–Trinajstić information content (AvgIpc) is 2.69. The molecular formula is C19H20F2N4O2. The van der Waals surface area contributed by atoms with E-state index in [1.54, 1.807) is 4.90 Å². The van der Waals surface area contributed by atoms with Crippen molar-refractivity contribution in [3.63, 3.8) is 0 Å². The number of hydrogen-bond donors (Lipinski definition) is 1. The summed E-state index contributed by atoms with van der Waals surface area (Å²) >= 11 is 0. The average molecular weight is 374 g/mol. The van der Waals surface area contributed by atoms with Crippen molar-refractivity contribution in [2.24, 2.45) is 0 Å². The number of carbonyl (C=O) groups excluding carboxylic acids is 2. The largest absolute Gasteiger partial charge is 0.335 e. The highest BCUT2D eigenvalue weighted by Crippen LogP contribution is 2.16. The Bertz CT molecular complexity index is 851. The highest BCUT2D eigenvalue weighted by Gasteiger charge is 2.23. The van der Waals surface area contributed by atoms with Crippen molar-refractivity contribution in [3.8, 4) is 0 Å². The van der Waals surface area contributed by atoms with E-state index in [9.17, 15) is 18.4 Å². The van der Waals surface area contributed by atoms with Crippen LogP contribution in [0.25, 0.3) is 0 Å². The third-order valence-electron chi connectivity index (χ3n) is 4.53. The van der Waals surface area contributed by atoms with Crippen molar-refractivity contribution in [1.82, 2.24) is 14.8 Å². The maximum atomic E-state index is 13.7. The molecule has 0 spiro atoms. The summed E-state index contributed by atoms with van der Waals surface area (Å²) in [5, 5.41) is 2.37. The van der Waals surface area contributed by atoms with Gasteiger partial charge in [0.1, 0.15) is 17.3 Å².